The summed E-state index contributed by atoms with van der Waals surface area (Å²) in [5, 5.41) is 6.06. The van der Waals surface area contributed by atoms with E-state index in [1.54, 1.807) is 25.1 Å². The van der Waals surface area contributed by atoms with Gasteiger partial charge in [-0.3, -0.25) is 19.1 Å². The SMILES string of the molecule is Cc1ccc2nc(C(F)(F)F)c3c(c2c1)CCC1(CC2C(=O)NC4(C(=O)NS(=O)(=O)C5(C)CC5)CC4C=CCCCCCC(NC(=O)OC4CCCC4)C(=O)N2C1)O3. The Morgan fingerprint density at radius 3 is 2.50 bits per heavy atom. The lowest BCUT2D eigenvalue weighted by Gasteiger charge is -2.37. The van der Waals surface area contributed by atoms with Gasteiger partial charge in [0.25, 0.3) is 5.91 Å². The summed E-state index contributed by atoms with van der Waals surface area (Å²) in [6.45, 7) is 3.07. The van der Waals surface area contributed by atoms with Crippen LogP contribution in [0.4, 0.5) is 18.0 Å². The zero-order valence-electron chi connectivity index (χ0n) is 32.7. The maximum absolute atomic E-state index is 14.8. The predicted octanol–water partition coefficient (Wildman–Crippen LogP) is 5.66. The van der Waals surface area contributed by atoms with Crippen molar-refractivity contribution in [2.75, 3.05) is 6.54 Å². The van der Waals surface area contributed by atoms with Crippen LogP contribution < -0.4 is 20.1 Å². The number of pyridine rings is 1. The first-order valence-electron chi connectivity index (χ1n) is 20.5. The van der Waals surface area contributed by atoms with Crippen LogP contribution in [-0.2, 0) is 41.7 Å². The molecule has 0 radical (unpaired) electrons. The van der Waals surface area contributed by atoms with Gasteiger partial charge in [-0.1, -0.05) is 36.6 Å². The summed E-state index contributed by atoms with van der Waals surface area (Å²) < 4.78 is 83.7. The fraction of sp³-hybridized carbons (Fsp3) is 0.634. The van der Waals surface area contributed by atoms with Crippen molar-refractivity contribution >= 4 is 44.7 Å². The molecule has 5 unspecified atom stereocenters. The number of aryl methyl sites for hydroxylation is 2. The van der Waals surface area contributed by atoms with E-state index in [2.05, 4.69) is 20.3 Å². The van der Waals surface area contributed by atoms with Gasteiger partial charge in [0.1, 0.15) is 29.3 Å². The van der Waals surface area contributed by atoms with Gasteiger partial charge in [0.15, 0.2) is 11.4 Å². The second-order valence-electron chi connectivity index (χ2n) is 17.5. The smallest absolute Gasteiger partial charge is 0.437 e. The molecule has 13 nitrogen and oxygen atoms in total. The predicted molar refractivity (Wildman–Crippen MR) is 205 cm³/mol. The number of sulfonamides is 1. The molecule has 1 spiro atoms. The molecule has 0 bridgehead atoms. The molecule has 3 aliphatic heterocycles. The lowest BCUT2D eigenvalue weighted by Crippen LogP contribution is -2.58. The first kappa shape index (κ1) is 40.4. The monoisotopic (exact) mass is 829 g/mol. The topological polar surface area (TPSA) is 173 Å². The number of amides is 4. The molecule has 6 aliphatic rings. The zero-order chi connectivity index (χ0) is 41.3. The fourth-order valence-electron chi connectivity index (χ4n) is 9.17. The molecule has 17 heteroatoms. The summed E-state index contributed by atoms with van der Waals surface area (Å²) in [6.07, 6.45) is 4.68. The number of halogens is 3. The molecule has 3 N–H and O–H groups in total. The second kappa shape index (κ2) is 14.7. The van der Waals surface area contributed by atoms with Gasteiger partial charge in [0.2, 0.25) is 21.8 Å². The van der Waals surface area contributed by atoms with Crippen LogP contribution in [0.5, 0.6) is 5.75 Å². The van der Waals surface area contributed by atoms with Crippen LogP contribution in [-0.4, -0.2) is 82.7 Å². The third-order valence-corrected chi connectivity index (χ3v) is 15.3. The van der Waals surface area contributed by atoms with E-state index >= 15 is 0 Å². The molecule has 8 rings (SSSR count). The third kappa shape index (κ3) is 7.63. The summed E-state index contributed by atoms with van der Waals surface area (Å²) in [5.41, 5.74) is -3.02. The number of hydrogen-bond donors (Lipinski definition) is 3. The maximum atomic E-state index is 14.8. The largest absolute Gasteiger partial charge is 0.483 e. The van der Waals surface area contributed by atoms with Gasteiger partial charge in [-0.2, -0.15) is 13.2 Å². The molecule has 4 fully saturated rings. The number of nitrogens with zero attached hydrogens (tertiary/aromatic N) is 2. The average molecular weight is 830 g/mol. The standard InChI is InChI=1S/C41H50F3N5O8S/c1-24-14-15-29-28(20-24)27-16-17-39(57-32(27)33(45-29)41(42,43)44)22-31-34(50)47-40(36(52)48-58(54,55)38(2)18-19-38)21-25(40)10-6-4-3-5-7-13-30(35(51)49(31)23-39)46-37(53)56-26-11-8-9-12-26/h6,10,14-15,20,25-26,30-31H,3-5,7-9,11-13,16-19,21-23H2,1-2H3,(H,46,53)(H,47,50)(H,48,52). The van der Waals surface area contributed by atoms with E-state index < -0.39 is 85.3 Å². The van der Waals surface area contributed by atoms with Crippen LogP contribution in [0.2, 0.25) is 0 Å². The molecule has 314 valence electrons. The fourth-order valence-corrected chi connectivity index (χ4v) is 10.5. The van der Waals surface area contributed by atoms with Gasteiger partial charge in [-0.05, 0) is 103 Å². The third-order valence-electron chi connectivity index (χ3n) is 13.1. The highest BCUT2D eigenvalue weighted by atomic mass is 32.2. The van der Waals surface area contributed by atoms with Gasteiger partial charge in [-0.25, -0.2) is 18.2 Å². The number of rotatable bonds is 5. The molecule has 4 amide bonds. The van der Waals surface area contributed by atoms with Crippen LogP contribution in [0.15, 0.2) is 30.4 Å². The Labute approximate surface area is 335 Å². The lowest BCUT2D eigenvalue weighted by molar-refractivity contribution is -0.144. The van der Waals surface area contributed by atoms with E-state index in [1.807, 2.05) is 13.0 Å². The van der Waals surface area contributed by atoms with Crippen molar-refractivity contribution in [2.45, 2.75) is 150 Å². The second-order valence-corrected chi connectivity index (χ2v) is 19.7. The molecule has 58 heavy (non-hydrogen) atoms. The first-order valence-corrected chi connectivity index (χ1v) is 21.9. The Kier molecular flexibility index (Phi) is 10.2. The van der Waals surface area contributed by atoms with Crippen molar-refractivity contribution in [1.29, 1.82) is 0 Å². The first-order chi connectivity index (χ1) is 27.4. The Morgan fingerprint density at radius 2 is 1.78 bits per heavy atom. The molecular formula is C41H50F3N5O8S. The van der Waals surface area contributed by atoms with Crippen molar-refractivity contribution < 1.29 is 50.2 Å². The summed E-state index contributed by atoms with van der Waals surface area (Å²) in [4.78, 5) is 61.8. The Bertz CT molecular complexity index is 2170. The zero-order valence-corrected chi connectivity index (χ0v) is 33.5. The van der Waals surface area contributed by atoms with Crippen LogP contribution >= 0.6 is 0 Å². The highest BCUT2D eigenvalue weighted by Gasteiger charge is 2.64. The lowest BCUT2D eigenvalue weighted by atomic mass is 9.86. The van der Waals surface area contributed by atoms with Crippen LogP contribution in [0.3, 0.4) is 0 Å². The van der Waals surface area contributed by atoms with Gasteiger partial charge >= 0.3 is 12.3 Å². The molecule has 3 saturated carbocycles. The number of carbonyl (C=O) groups excluding carboxylic acids is 4. The minimum absolute atomic E-state index is 0.104. The minimum Gasteiger partial charge on any atom is -0.483 e. The van der Waals surface area contributed by atoms with Gasteiger partial charge in [-0.15, -0.1) is 0 Å². The molecular weight excluding hydrogens is 780 g/mol. The molecule has 1 aromatic carbocycles. The maximum Gasteiger partial charge on any atom is 0.437 e. The van der Waals surface area contributed by atoms with E-state index in [-0.39, 0.29) is 50.3 Å². The van der Waals surface area contributed by atoms with Gasteiger partial charge in [0.05, 0.1) is 16.8 Å². The number of allylic oxidation sites excluding steroid dienone is 1. The average Bonchev–Trinajstić information content (AvgIpc) is 3.96. The number of alkyl halides is 3. The summed E-state index contributed by atoms with van der Waals surface area (Å²) in [7, 11) is -4.08. The highest BCUT2D eigenvalue weighted by Crippen LogP contribution is 2.50. The summed E-state index contributed by atoms with van der Waals surface area (Å²) >= 11 is 0. The number of carbonyl (C=O) groups is 4. The molecule has 4 heterocycles. The molecule has 3 aliphatic carbocycles. The van der Waals surface area contributed by atoms with E-state index in [9.17, 15) is 40.8 Å². The van der Waals surface area contributed by atoms with Crippen molar-refractivity contribution in [3.05, 3.63) is 47.2 Å². The highest BCUT2D eigenvalue weighted by molar-refractivity contribution is 7.91. The molecule has 5 atom stereocenters. The summed E-state index contributed by atoms with van der Waals surface area (Å²) in [6, 6.07) is 2.49. The normalized spacial score (nSPS) is 29.9. The van der Waals surface area contributed by atoms with Crippen molar-refractivity contribution in [3.63, 3.8) is 0 Å². The number of nitrogens with one attached hydrogen (secondary N) is 3. The van der Waals surface area contributed by atoms with Gasteiger partial charge in [0, 0.05) is 23.3 Å². The van der Waals surface area contributed by atoms with E-state index in [0.29, 0.717) is 55.9 Å². The van der Waals surface area contributed by atoms with Crippen LogP contribution in [0, 0.1) is 12.8 Å². The molecule has 1 aromatic heterocycles. The Balaban J connectivity index is 1.15. The van der Waals surface area contributed by atoms with Crippen LogP contribution in [0.1, 0.15) is 114 Å². The quantitative estimate of drug-likeness (QED) is 0.322. The number of fused-ring (bicyclic) bond motifs is 5. The van der Waals surface area contributed by atoms with E-state index in [4.69, 9.17) is 9.47 Å². The number of ether oxygens (including phenoxy) is 2. The van der Waals surface area contributed by atoms with Crippen molar-refractivity contribution in [1.82, 2.24) is 25.2 Å². The summed E-state index contributed by atoms with van der Waals surface area (Å²) in [5.74, 6) is -3.31. The number of benzene rings is 1. The van der Waals surface area contributed by atoms with Crippen molar-refractivity contribution in [3.8, 4) is 5.75 Å². The van der Waals surface area contributed by atoms with Gasteiger partial charge < -0.3 is 25.0 Å². The van der Waals surface area contributed by atoms with Crippen LogP contribution in [0.25, 0.3) is 10.9 Å². The molecule has 1 saturated heterocycles. The van der Waals surface area contributed by atoms with Crippen molar-refractivity contribution in [2.24, 2.45) is 5.92 Å². The number of alkyl carbamates (subject to hydrolysis) is 1. The van der Waals surface area contributed by atoms with E-state index in [0.717, 1.165) is 24.8 Å². The van der Waals surface area contributed by atoms with E-state index in [1.165, 1.54) is 11.0 Å². The number of hydrogen-bond acceptors (Lipinski definition) is 9. The minimum atomic E-state index is -4.89. The molecule has 2 aromatic rings. The number of aromatic nitrogens is 1. The Hall–Kier alpha value is -4.41. The Morgan fingerprint density at radius 1 is 1.03 bits per heavy atom.